The van der Waals surface area contributed by atoms with Gasteiger partial charge in [0.2, 0.25) is 0 Å². The highest BCUT2D eigenvalue weighted by molar-refractivity contribution is 7.15. The van der Waals surface area contributed by atoms with E-state index in [4.69, 9.17) is 4.98 Å². The zero-order valence-electron chi connectivity index (χ0n) is 14.3. The van der Waals surface area contributed by atoms with Crippen LogP contribution in [0.25, 0.3) is 0 Å². The van der Waals surface area contributed by atoms with Gasteiger partial charge in [-0.05, 0) is 35.5 Å². The molecule has 1 fully saturated rings. The van der Waals surface area contributed by atoms with E-state index in [2.05, 4.69) is 48.0 Å². The maximum Gasteiger partial charge on any atom is 0.185 e. The molecule has 2 atom stereocenters. The lowest BCUT2D eigenvalue weighted by Gasteiger charge is -2.42. The Morgan fingerprint density at radius 1 is 1.33 bits per heavy atom. The number of anilines is 1. The number of fused-ring (bicyclic) bond motifs is 1. The summed E-state index contributed by atoms with van der Waals surface area (Å²) in [6.45, 7) is 6.73. The van der Waals surface area contributed by atoms with Crippen molar-refractivity contribution >= 4 is 16.5 Å². The first-order valence-electron chi connectivity index (χ1n) is 8.62. The van der Waals surface area contributed by atoms with Crippen LogP contribution in [0.4, 0.5) is 5.13 Å². The monoisotopic (exact) mass is 337 g/mol. The number of piperidine rings is 1. The molecule has 2 aromatic rings. The first-order valence-corrected chi connectivity index (χ1v) is 9.44. The predicted molar refractivity (Wildman–Crippen MR) is 101 cm³/mol. The molecule has 4 rings (SSSR count). The summed E-state index contributed by atoms with van der Waals surface area (Å²) in [6.07, 6.45) is 15.0. The Morgan fingerprint density at radius 2 is 2.25 bits per heavy atom. The standard InChI is InChI=1S/C20H23N3S/c1-15(16-6-5-10-21-12-16)18-13-22-19(24-18)23-11-9-20(2)8-4-3-7-17(20)14-23/h3-7,10,12-13,15H,8-9,11,14H2,1-2H3. The highest BCUT2D eigenvalue weighted by Gasteiger charge is 2.35. The Kier molecular flexibility index (Phi) is 4.01. The van der Waals surface area contributed by atoms with E-state index in [-0.39, 0.29) is 0 Å². The fraction of sp³-hybridized carbons (Fsp3) is 0.400. The summed E-state index contributed by atoms with van der Waals surface area (Å²) >= 11 is 1.82. The summed E-state index contributed by atoms with van der Waals surface area (Å²) < 4.78 is 0. The van der Waals surface area contributed by atoms with Gasteiger partial charge in [0, 0.05) is 42.5 Å². The second-order valence-electron chi connectivity index (χ2n) is 7.11. The Balaban J connectivity index is 1.53. The molecule has 0 aromatic carbocycles. The van der Waals surface area contributed by atoms with Gasteiger partial charge in [-0.15, -0.1) is 11.3 Å². The predicted octanol–water partition coefficient (Wildman–Crippen LogP) is 4.79. The molecule has 3 heterocycles. The molecule has 2 aromatic heterocycles. The molecule has 0 radical (unpaired) electrons. The number of thiazole rings is 1. The maximum absolute atomic E-state index is 4.73. The molecule has 24 heavy (non-hydrogen) atoms. The summed E-state index contributed by atoms with van der Waals surface area (Å²) in [7, 11) is 0. The van der Waals surface area contributed by atoms with Gasteiger partial charge in [0.1, 0.15) is 0 Å². The topological polar surface area (TPSA) is 29.0 Å². The highest BCUT2D eigenvalue weighted by Crippen LogP contribution is 2.43. The number of aromatic nitrogens is 2. The highest BCUT2D eigenvalue weighted by atomic mass is 32.1. The SMILES string of the molecule is CC(c1cccnc1)c1cnc(N2CCC3(C)CC=CC=C3C2)s1. The van der Waals surface area contributed by atoms with E-state index in [1.54, 1.807) is 5.57 Å². The van der Waals surface area contributed by atoms with Crippen molar-refractivity contribution in [2.45, 2.75) is 32.6 Å². The van der Waals surface area contributed by atoms with Crippen molar-refractivity contribution in [2.24, 2.45) is 5.41 Å². The summed E-state index contributed by atoms with van der Waals surface area (Å²) in [4.78, 5) is 12.7. The second kappa shape index (κ2) is 6.17. The Bertz CT molecular complexity index is 777. The van der Waals surface area contributed by atoms with Crippen LogP contribution >= 0.6 is 11.3 Å². The average molecular weight is 337 g/mol. The first kappa shape index (κ1) is 15.6. The van der Waals surface area contributed by atoms with E-state index in [1.165, 1.54) is 23.3 Å². The Morgan fingerprint density at radius 3 is 3.08 bits per heavy atom. The van der Waals surface area contributed by atoms with E-state index >= 15 is 0 Å². The van der Waals surface area contributed by atoms with Crippen molar-refractivity contribution in [1.29, 1.82) is 0 Å². The van der Waals surface area contributed by atoms with Gasteiger partial charge in [-0.3, -0.25) is 4.98 Å². The molecule has 0 bridgehead atoms. The van der Waals surface area contributed by atoms with Crippen molar-refractivity contribution in [1.82, 2.24) is 9.97 Å². The minimum Gasteiger partial charge on any atom is -0.344 e. The summed E-state index contributed by atoms with van der Waals surface area (Å²) in [5.74, 6) is 0.344. The lowest BCUT2D eigenvalue weighted by molar-refractivity contribution is 0.334. The largest absolute Gasteiger partial charge is 0.344 e. The van der Waals surface area contributed by atoms with Gasteiger partial charge in [0.15, 0.2) is 5.13 Å². The number of hydrogen-bond acceptors (Lipinski definition) is 4. The van der Waals surface area contributed by atoms with Crippen LogP contribution in [0, 0.1) is 5.41 Å². The van der Waals surface area contributed by atoms with Crippen LogP contribution in [0.2, 0.25) is 0 Å². The van der Waals surface area contributed by atoms with Gasteiger partial charge < -0.3 is 4.90 Å². The van der Waals surface area contributed by atoms with Crippen molar-refractivity contribution < 1.29 is 0 Å². The molecule has 0 saturated carbocycles. The molecular formula is C20H23N3S. The van der Waals surface area contributed by atoms with Crippen molar-refractivity contribution in [3.05, 3.63) is 65.0 Å². The van der Waals surface area contributed by atoms with Crippen molar-refractivity contribution in [3.8, 4) is 0 Å². The van der Waals surface area contributed by atoms with Crippen LogP contribution in [-0.2, 0) is 0 Å². The van der Waals surface area contributed by atoms with E-state index in [0.717, 1.165) is 18.2 Å². The number of nitrogens with zero attached hydrogens (tertiary/aromatic N) is 3. The molecule has 0 amide bonds. The van der Waals surface area contributed by atoms with E-state index < -0.39 is 0 Å². The minimum absolute atomic E-state index is 0.344. The van der Waals surface area contributed by atoms with Gasteiger partial charge in [-0.2, -0.15) is 0 Å². The van der Waals surface area contributed by atoms with Gasteiger partial charge in [0.25, 0.3) is 0 Å². The fourth-order valence-corrected chi connectivity index (χ4v) is 4.62. The van der Waals surface area contributed by atoms with Crippen LogP contribution in [-0.4, -0.2) is 23.1 Å². The van der Waals surface area contributed by atoms with Gasteiger partial charge in [0.05, 0.1) is 0 Å². The molecule has 0 N–H and O–H groups in total. The van der Waals surface area contributed by atoms with E-state index in [9.17, 15) is 0 Å². The van der Waals surface area contributed by atoms with Crippen LogP contribution in [0.15, 0.2) is 54.5 Å². The smallest absolute Gasteiger partial charge is 0.185 e. The molecule has 0 spiro atoms. The zero-order chi connectivity index (χ0) is 16.6. The molecule has 2 aliphatic rings. The molecule has 1 aliphatic carbocycles. The van der Waals surface area contributed by atoms with Crippen LogP contribution in [0.1, 0.15) is 43.0 Å². The number of rotatable bonds is 3. The summed E-state index contributed by atoms with van der Waals surface area (Å²) in [5, 5.41) is 1.15. The molecule has 2 unspecified atom stereocenters. The Hall–Kier alpha value is -1.94. The fourth-order valence-electron chi connectivity index (χ4n) is 3.60. The van der Waals surface area contributed by atoms with Crippen molar-refractivity contribution in [3.63, 3.8) is 0 Å². The summed E-state index contributed by atoms with van der Waals surface area (Å²) in [5.41, 5.74) is 3.15. The maximum atomic E-state index is 4.73. The minimum atomic E-state index is 0.344. The molecule has 1 saturated heterocycles. The number of pyridine rings is 1. The number of allylic oxidation sites excluding steroid dienone is 3. The van der Waals surface area contributed by atoms with E-state index in [0.29, 0.717) is 11.3 Å². The van der Waals surface area contributed by atoms with Crippen LogP contribution in [0.5, 0.6) is 0 Å². The average Bonchev–Trinajstić information content (AvgIpc) is 3.11. The molecule has 1 aliphatic heterocycles. The van der Waals surface area contributed by atoms with Crippen LogP contribution < -0.4 is 4.90 Å². The van der Waals surface area contributed by atoms with Gasteiger partial charge >= 0.3 is 0 Å². The molecular weight excluding hydrogens is 314 g/mol. The molecule has 3 nitrogen and oxygen atoms in total. The third-order valence-electron chi connectivity index (χ3n) is 5.46. The van der Waals surface area contributed by atoms with Gasteiger partial charge in [-0.25, -0.2) is 4.98 Å². The third-order valence-corrected chi connectivity index (χ3v) is 6.71. The normalized spacial score (nSPS) is 24.4. The van der Waals surface area contributed by atoms with Crippen molar-refractivity contribution in [2.75, 3.05) is 18.0 Å². The number of hydrogen-bond donors (Lipinski definition) is 0. The third kappa shape index (κ3) is 2.80. The first-order chi connectivity index (χ1) is 11.7. The lowest BCUT2D eigenvalue weighted by Crippen LogP contribution is -2.41. The lowest BCUT2D eigenvalue weighted by atomic mass is 9.72. The Labute approximate surface area is 147 Å². The second-order valence-corrected chi connectivity index (χ2v) is 8.15. The summed E-state index contributed by atoms with van der Waals surface area (Å²) in [6, 6.07) is 4.14. The van der Waals surface area contributed by atoms with Crippen LogP contribution in [0.3, 0.4) is 0 Å². The molecule has 124 valence electrons. The quantitative estimate of drug-likeness (QED) is 0.806. The van der Waals surface area contributed by atoms with E-state index in [1.807, 2.05) is 36.0 Å². The molecule has 4 heteroatoms. The van der Waals surface area contributed by atoms with Gasteiger partial charge in [-0.1, -0.05) is 38.1 Å². The zero-order valence-corrected chi connectivity index (χ0v) is 15.1.